The number of methoxy groups -OCH3 is 3. The van der Waals surface area contributed by atoms with Crippen LogP contribution in [0.2, 0.25) is 0 Å². The molecule has 18 nitrogen and oxygen atoms in total. The van der Waals surface area contributed by atoms with Gasteiger partial charge in [0.2, 0.25) is 5.79 Å². The SMILES string of the molecule is CO[C@H]1C[C@@H]2CC[C@@H](C)[C@@](O)(O2)C(=O)C(=O)N2CCCC[C@H]2C(=O)O[C@H]([C@H](N)C[C@@H]2CC[C@@H](OC(=O)N3CCN(C)CC3)[C@H](OC)C2)C[C@@H](O)[C@H](C)/C=C(\C)[C@@H](O)[C@@H](OC)C(=O)[C@H](C)C[C@H](C)/C=C/C=CC=C1C. The molecule has 1 saturated carbocycles. The highest BCUT2D eigenvalue weighted by Crippen LogP contribution is 2.38. The number of fused-ring (bicyclic) bond motifs is 3. The standard InChI is InChI=1S/C56H90N4O14/c1-34-16-12-11-13-17-35(2)46(69-8)32-41-21-19-39(6)56(68,74-41)52(64)53(65)60-23-15-14-18-43(60)54(66)72-47(33-44(61)36(3)29-38(5)50(63)51(71-10)49(62)37(4)28-34)42(57)30-40-20-22-45(48(31-40)70-9)73-55(67)59-26-24-58(7)25-27-59/h11-13,16-17,29,34,36-37,39-48,50-51,61,63,68H,14-15,18-28,30-33,57H2,1-10H3/b13-11?,16-12+,35-17?,38-29+/t34-,36-,37-,39-,40+,41+,42-,43+,44-,45-,46+,47+,48-,50-,51+,56-/m1/s1. The normalized spacial score (nSPS) is 38.2. The van der Waals surface area contributed by atoms with E-state index in [2.05, 4.69) is 4.90 Å². The van der Waals surface area contributed by atoms with Gasteiger partial charge in [-0.05, 0) is 108 Å². The molecule has 0 aromatic heterocycles. The van der Waals surface area contributed by atoms with Crippen molar-refractivity contribution in [2.75, 3.05) is 61.1 Å². The lowest BCUT2D eigenvalue weighted by Gasteiger charge is -2.43. The molecular formula is C56H90N4O14. The van der Waals surface area contributed by atoms with E-state index < -0.39 is 102 Å². The molecule has 5 N–H and O–H groups in total. The van der Waals surface area contributed by atoms with Crippen molar-refractivity contribution in [1.82, 2.24) is 14.7 Å². The summed E-state index contributed by atoms with van der Waals surface area (Å²) in [4.78, 5) is 75.3. The molecule has 4 fully saturated rings. The highest BCUT2D eigenvalue weighted by molar-refractivity contribution is 6.39. The van der Waals surface area contributed by atoms with Crippen molar-refractivity contribution in [3.63, 3.8) is 0 Å². The Kier molecular flexibility index (Phi) is 23.5. The first-order valence-corrected chi connectivity index (χ1v) is 27.2. The van der Waals surface area contributed by atoms with E-state index in [9.17, 15) is 39.3 Å². The van der Waals surface area contributed by atoms with E-state index in [4.69, 9.17) is 34.2 Å². The molecule has 18 heteroatoms. The number of rotatable bonds is 7. The van der Waals surface area contributed by atoms with E-state index in [0.717, 1.165) is 18.7 Å². The number of amides is 2. The number of nitrogens with zero attached hydrogens (tertiary/aromatic N) is 3. The molecule has 4 aliphatic heterocycles. The van der Waals surface area contributed by atoms with Gasteiger partial charge in [0.1, 0.15) is 30.5 Å². The first-order valence-electron chi connectivity index (χ1n) is 27.2. The van der Waals surface area contributed by atoms with Crippen LogP contribution in [0.4, 0.5) is 4.79 Å². The summed E-state index contributed by atoms with van der Waals surface area (Å²) >= 11 is 0. The van der Waals surface area contributed by atoms with Gasteiger partial charge in [-0.25, -0.2) is 9.59 Å². The molecule has 2 bridgehead atoms. The number of allylic oxidation sites excluding steroid dienone is 5. The number of esters is 1. The van der Waals surface area contributed by atoms with Crippen LogP contribution in [0.1, 0.15) is 119 Å². The van der Waals surface area contributed by atoms with Gasteiger partial charge in [-0.15, -0.1) is 0 Å². The minimum absolute atomic E-state index is 0.00889. The number of aliphatic hydroxyl groups is 3. The second-order valence-electron chi connectivity index (χ2n) is 22.1. The zero-order valence-electron chi connectivity index (χ0n) is 45.9. The average molecular weight is 1040 g/mol. The molecule has 3 saturated heterocycles. The topological polar surface area (TPSA) is 237 Å². The molecule has 4 heterocycles. The van der Waals surface area contributed by atoms with Crippen LogP contribution < -0.4 is 5.73 Å². The molecule has 418 valence electrons. The lowest BCUT2D eigenvalue weighted by atomic mass is 9.80. The monoisotopic (exact) mass is 1040 g/mol. The first-order chi connectivity index (χ1) is 35.1. The molecule has 0 aromatic rings. The van der Waals surface area contributed by atoms with Gasteiger partial charge in [-0.1, -0.05) is 64.2 Å². The molecule has 0 spiro atoms. The number of piperazine rings is 1. The Bertz CT molecular complexity index is 2000. The van der Waals surface area contributed by atoms with Crippen molar-refractivity contribution >= 4 is 29.5 Å². The molecule has 2 amide bonds. The number of aliphatic hydroxyl groups excluding tert-OH is 2. The van der Waals surface area contributed by atoms with Gasteiger partial charge in [-0.3, -0.25) is 14.4 Å². The highest BCUT2D eigenvalue weighted by Gasteiger charge is 2.53. The Morgan fingerprint density at radius 2 is 1.54 bits per heavy atom. The van der Waals surface area contributed by atoms with Gasteiger partial charge in [0.25, 0.3) is 11.7 Å². The fourth-order valence-corrected chi connectivity index (χ4v) is 11.3. The Balaban J connectivity index is 1.43. The predicted octanol–water partition coefficient (Wildman–Crippen LogP) is 5.06. The highest BCUT2D eigenvalue weighted by atomic mass is 16.6. The van der Waals surface area contributed by atoms with Crippen LogP contribution in [0.15, 0.2) is 47.6 Å². The molecule has 16 atom stereocenters. The number of hydrogen-bond donors (Lipinski definition) is 4. The molecule has 5 rings (SSSR count). The molecule has 1 aliphatic carbocycles. The fraction of sp³-hybridized carbons (Fsp3) is 0.768. The first kappa shape index (κ1) is 61.0. The molecule has 0 radical (unpaired) electrons. The van der Waals surface area contributed by atoms with Crippen molar-refractivity contribution in [2.45, 2.75) is 185 Å². The number of carbonyl (C=O) groups excluding carboxylic acids is 5. The third-order valence-electron chi connectivity index (χ3n) is 16.4. The average Bonchev–Trinajstić information content (AvgIpc) is 3.38. The number of nitrogens with two attached hydrogens (primary N) is 1. The van der Waals surface area contributed by atoms with E-state index in [1.807, 2.05) is 58.2 Å². The Morgan fingerprint density at radius 1 is 0.824 bits per heavy atom. The van der Waals surface area contributed by atoms with Crippen LogP contribution in [-0.4, -0.2) is 187 Å². The number of piperidine rings is 1. The van der Waals surface area contributed by atoms with Crippen LogP contribution in [-0.2, 0) is 47.6 Å². The predicted molar refractivity (Wildman–Crippen MR) is 278 cm³/mol. The van der Waals surface area contributed by atoms with E-state index in [0.29, 0.717) is 82.9 Å². The Morgan fingerprint density at radius 3 is 2.22 bits per heavy atom. The van der Waals surface area contributed by atoms with Crippen LogP contribution in [0.5, 0.6) is 0 Å². The maximum absolute atomic E-state index is 14.6. The summed E-state index contributed by atoms with van der Waals surface area (Å²) in [6.45, 7) is 13.5. The van der Waals surface area contributed by atoms with Crippen LogP contribution in [0.3, 0.4) is 0 Å². The number of likely N-dealkylation sites (N-methyl/N-ethyl adjacent to an activating group) is 1. The maximum atomic E-state index is 14.6. The van der Waals surface area contributed by atoms with Crippen molar-refractivity contribution in [1.29, 1.82) is 0 Å². The molecule has 5 aliphatic rings. The van der Waals surface area contributed by atoms with Gasteiger partial charge in [0.15, 0.2) is 5.78 Å². The largest absolute Gasteiger partial charge is 0.459 e. The summed E-state index contributed by atoms with van der Waals surface area (Å²) in [5, 5.41) is 35.5. The van der Waals surface area contributed by atoms with E-state index in [-0.39, 0.29) is 43.1 Å². The summed E-state index contributed by atoms with van der Waals surface area (Å²) in [6.07, 6.45) is 9.04. The minimum atomic E-state index is -2.46. The zero-order valence-corrected chi connectivity index (χ0v) is 45.9. The van der Waals surface area contributed by atoms with Gasteiger partial charge in [0.05, 0.1) is 24.4 Å². The number of hydrogen-bond acceptors (Lipinski definition) is 16. The summed E-state index contributed by atoms with van der Waals surface area (Å²) < 4.78 is 35.8. The van der Waals surface area contributed by atoms with E-state index >= 15 is 0 Å². The summed E-state index contributed by atoms with van der Waals surface area (Å²) in [5.41, 5.74) is 8.31. The summed E-state index contributed by atoms with van der Waals surface area (Å²) in [6, 6.07) is -2.02. The van der Waals surface area contributed by atoms with Crippen LogP contribution in [0, 0.1) is 29.6 Å². The minimum Gasteiger partial charge on any atom is -0.459 e. The number of Topliss-reactive ketones (excluding diaryl/α,β-unsaturated/α-hetero) is 2. The van der Waals surface area contributed by atoms with E-state index in [1.54, 1.807) is 46.0 Å². The number of ketones is 2. The van der Waals surface area contributed by atoms with Crippen molar-refractivity contribution < 1.29 is 67.7 Å². The Hall–Kier alpha value is -3.85. The second-order valence-corrected chi connectivity index (χ2v) is 22.1. The molecular weight excluding hydrogens is 953 g/mol. The lowest BCUT2D eigenvalue weighted by Crippen LogP contribution is -2.61. The van der Waals surface area contributed by atoms with Crippen LogP contribution >= 0.6 is 0 Å². The van der Waals surface area contributed by atoms with Gasteiger partial charge in [0, 0.05) is 90.7 Å². The third-order valence-corrected chi connectivity index (χ3v) is 16.4. The lowest BCUT2D eigenvalue weighted by molar-refractivity contribution is -0.265. The molecule has 0 unspecified atom stereocenters. The number of cyclic esters (lactones) is 1. The summed E-state index contributed by atoms with van der Waals surface area (Å²) in [5.74, 6) is -7.57. The van der Waals surface area contributed by atoms with Gasteiger partial charge in [-0.2, -0.15) is 0 Å². The van der Waals surface area contributed by atoms with Gasteiger partial charge < -0.3 is 64.2 Å². The third kappa shape index (κ3) is 16.1. The van der Waals surface area contributed by atoms with Crippen molar-refractivity contribution in [3.8, 4) is 0 Å². The quantitative estimate of drug-likeness (QED) is 0.148. The number of ether oxygens (including phenoxy) is 6. The Labute approximate surface area is 440 Å². The zero-order chi connectivity index (χ0) is 54.4. The van der Waals surface area contributed by atoms with Crippen molar-refractivity contribution in [2.24, 2.45) is 35.3 Å². The fourth-order valence-electron chi connectivity index (χ4n) is 11.3. The molecule has 0 aromatic carbocycles. The van der Waals surface area contributed by atoms with Gasteiger partial charge >= 0.3 is 12.1 Å². The number of carbonyl (C=O) groups is 5. The maximum Gasteiger partial charge on any atom is 0.410 e. The van der Waals surface area contributed by atoms with Crippen molar-refractivity contribution in [3.05, 3.63) is 47.6 Å². The second kappa shape index (κ2) is 28.5. The molecule has 74 heavy (non-hydrogen) atoms. The van der Waals surface area contributed by atoms with E-state index in [1.165, 1.54) is 12.0 Å². The summed E-state index contributed by atoms with van der Waals surface area (Å²) in [7, 11) is 6.55. The smallest absolute Gasteiger partial charge is 0.410 e. The van der Waals surface area contributed by atoms with Crippen LogP contribution in [0.25, 0.3) is 0 Å².